The largest absolute Gasteiger partial charge is 0.247 e. The molecule has 0 radical (unpaired) electrons. The van der Waals surface area contributed by atoms with Gasteiger partial charge in [0, 0.05) is 18.0 Å². The van der Waals surface area contributed by atoms with Crippen LogP contribution in [0.2, 0.25) is 0 Å². The van der Waals surface area contributed by atoms with Crippen LogP contribution in [0.1, 0.15) is 5.56 Å². The molecule has 2 rings (SSSR count). The van der Waals surface area contributed by atoms with Crippen molar-refractivity contribution < 1.29 is 8.42 Å². The summed E-state index contributed by atoms with van der Waals surface area (Å²) < 4.78 is 22.7. The van der Waals surface area contributed by atoms with Crippen molar-refractivity contribution in [1.82, 2.24) is 9.97 Å². The van der Waals surface area contributed by atoms with Crippen LogP contribution in [0.15, 0.2) is 41.7 Å². The molecule has 5 heteroatoms. The summed E-state index contributed by atoms with van der Waals surface area (Å²) >= 11 is 0. The highest BCUT2D eigenvalue weighted by atomic mass is 32.2. The van der Waals surface area contributed by atoms with E-state index in [4.69, 9.17) is 0 Å². The molecule has 0 fully saturated rings. The first-order chi connectivity index (χ1) is 7.97. The fraction of sp³-hybridized carbons (Fsp3) is 0.167. The Kier molecular flexibility index (Phi) is 2.93. The van der Waals surface area contributed by atoms with Crippen molar-refractivity contribution in [3.63, 3.8) is 0 Å². The average molecular weight is 248 g/mol. The fourth-order valence-corrected chi connectivity index (χ4v) is 2.00. The van der Waals surface area contributed by atoms with E-state index in [9.17, 15) is 8.42 Å². The number of benzene rings is 1. The molecule has 0 spiro atoms. The Morgan fingerprint density at radius 1 is 1.18 bits per heavy atom. The zero-order valence-corrected chi connectivity index (χ0v) is 10.4. The molecule has 17 heavy (non-hydrogen) atoms. The molecule has 0 saturated carbocycles. The predicted octanol–water partition coefficient (Wildman–Crippen LogP) is 1.86. The number of nitrogens with zero attached hydrogens (tertiary/aromatic N) is 2. The molecule has 0 unspecified atom stereocenters. The van der Waals surface area contributed by atoms with Gasteiger partial charge in [0.05, 0.1) is 5.69 Å². The van der Waals surface area contributed by atoms with Gasteiger partial charge in [0.25, 0.3) is 0 Å². The molecule has 0 aliphatic heterocycles. The van der Waals surface area contributed by atoms with E-state index in [2.05, 4.69) is 9.97 Å². The highest BCUT2D eigenvalue weighted by Crippen LogP contribution is 2.18. The van der Waals surface area contributed by atoms with Crippen LogP contribution in [-0.4, -0.2) is 24.6 Å². The molecule has 0 aliphatic rings. The Hall–Kier alpha value is -1.75. The third-order valence-electron chi connectivity index (χ3n) is 2.28. The molecule has 0 bridgehead atoms. The topological polar surface area (TPSA) is 59.9 Å². The van der Waals surface area contributed by atoms with E-state index < -0.39 is 9.84 Å². The van der Waals surface area contributed by atoms with Crippen molar-refractivity contribution in [2.45, 2.75) is 12.1 Å². The fourth-order valence-electron chi connectivity index (χ4n) is 1.48. The molecule has 88 valence electrons. The normalized spacial score (nSPS) is 11.4. The summed E-state index contributed by atoms with van der Waals surface area (Å²) in [5, 5.41) is -0.142. The van der Waals surface area contributed by atoms with Gasteiger partial charge in [-0.1, -0.05) is 23.8 Å². The SMILES string of the molecule is Cc1cccc(-c2ccnc(S(C)(=O)=O)n2)c1. The lowest BCUT2D eigenvalue weighted by Crippen LogP contribution is -2.04. The molecule has 1 heterocycles. The van der Waals surface area contributed by atoms with E-state index in [1.54, 1.807) is 6.07 Å². The van der Waals surface area contributed by atoms with Gasteiger partial charge in [-0.2, -0.15) is 0 Å². The number of aromatic nitrogens is 2. The first-order valence-corrected chi connectivity index (χ1v) is 6.96. The maximum atomic E-state index is 11.4. The Balaban J connectivity index is 2.54. The van der Waals surface area contributed by atoms with E-state index in [-0.39, 0.29) is 5.16 Å². The van der Waals surface area contributed by atoms with E-state index in [1.807, 2.05) is 31.2 Å². The van der Waals surface area contributed by atoms with Crippen LogP contribution >= 0.6 is 0 Å². The summed E-state index contributed by atoms with van der Waals surface area (Å²) in [5.41, 5.74) is 2.60. The van der Waals surface area contributed by atoms with Crippen molar-refractivity contribution in [3.05, 3.63) is 42.1 Å². The van der Waals surface area contributed by atoms with Crippen molar-refractivity contribution >= 4 is 9.84 Å². The van der Waals surface area contributed by atoms with Gasteiger partial charge in [-0.05, 0) is 19.1 Å². The van der Waals surface area contributed by atoms with Gasteiger partial charge in [-0.15, -0.1) is 0 Å². The minimum atomic E-state index is -3.37. The highest BCUT2D eigenvalue weighted by molar-refractivity contribution is 7.90. The van der Waals surface area contributed by atoms with Crippen LogP contribution in [0.3, 0.4) is 0 Å². The summed E-state index contributed by atoms with van der Waals surface area (Å²) in [4.78, 5) is 7.82. The number of aryl methyl sites for hydroxylation is 1. The maximum Gasteiger partial charge on any atom is 0.247 e. The summed E-state index contributed by atoms with van der Waals surface area (Å²) in [6.07, 6.45) is 2.56. The van der Waals surface area contributed by atoms with Crippen LogP contribution in [0.5, 0.6) is 0 Å². The van der Waals surface area contributed by atoms with Crippen molar-refractivity contribution in [2.75, 3.05) is 6.26 Å². The monoisotopic (exact) mass is 248 g/mol. The van der Waals surface area contributed by atoms with Crippen LogP contribution in [-0.2, 0) is 9.84 Å². The molecule has 0 atom stereocenters. The Bertz CT molecular complexity index is 651. The lowest BCUT2D eigenvalue weighted by Gasteiger charge is -2.03. The average Bonchev–Trinajstić information content (AvgIpc) is 2.28. The van der Waals surface area contributed by atoms with Crippen molar-refractivity contribution in [1.29, 1.82) is 0 Å². The van der Waals surface area contributed by atoms with Crippen molar-refractivity contribution in [2.24, 2.45) is 0 Å². The number of hydrogen-bond donors (Lipinski definition) is 0. The third-order valence-corrected chi connectivity index (χ3v) is 3.14. The van der Waals surface area contributed by atoms with E-state index in [0.29, 0.717) is 5.69 Å². The van der Waals surface area contributed by atoms with Gasteiger partial charge in [0.2, 0.25) is 15.0 Å². The third kappa shape index (κ3) is 2.68. The molecule has 1 aromatic carbocycles. The number of rotatable bonds is 2. The molecule has 2 aromatic rings. The zero-order valence-electron chi connectivity index (χ0n) is 9.58. The minimum Gasteiger partial charge on any atom is -0.227 e. The first-order valence-electron chi connectivity index (χ1n) is 5.07. The standard InChI is InChI=1S/C12H12N2O2S/c1-9-4-3-5-10(8-9)11-6-7-13-12(14-11)17(2,15)16/h3-8H,1-2H3. The molecule has 0 saturated heterocycles. The van der Waals surface area contributed by atoms with Gasteiger partial charge in [-0.25, -0.2) is 18.4 Å². The molecule has 1 aromatic heterocycles. The van der Waals surface area contributed by atoms with Crippen molar-refractivity contribution in [3.8, 4) is 11.3 Å². The Morgan fingerprint density at radius 2 is 1.94 bits per heavy atom. The molecular formula is C12H12N2O2S. The second kappa shape index (κ2) is 4.25. The van der Waals surface area contributed by atoms with E-state index in [1.165, 1.54) is 6.20 Å². The summed E-state index contributed by atoms with van der Waals surface area (Å²) in [6, 6.07) is 9.42. The lowest BCUT2D eigenvalue weighted by molar-refractivity contribution is 0.593. The van der Waals surface area contributed by atoms with E-state index in [0.717, 1.165) is 17.4 Å². The smallest absolute Gasteiger partial charge is 0.227 e. The summed E-state index contributed by atoms with van der Waals surface area (Å²) in [5.74, 6) is 0. The predicted molar refractivity (Wildman–Crippen MR) is 65.3 cm³/mol. The highest BCUT2D eigenvalue weighted by Gasteiger charge is 2.11. The van der Waals surface area contributed by atoms with Crippen LogP contribution in [0.25, 0.3) is 11.3 Å². The van der Waals surface area contributed by atoms with Crippen LogP contribution < -0.4 is 0 Å². The molecule has 0 aliphatic carbocycles. The second-order valence-corrected chi connectivity index (χ2v) is 5.78. The van der Waals surface area contributed by atoms with Gasteiger partial charge in [0.1, 0.15) is 0 Å². The quantitative estimate of drug-likeness (QED) is 0.761. The number of hydrogen-bond acceptors (Lipinski definition) is 4. The maximum absolute atomic E-state index is 11.4. The van der Waals surface area contributed by atoms with Gasteiger partial charge >= 0.3 is 0 Å². The van der Waals surface area contributed by atoms with Gasteiger partial charge < -0.3 is 0 Å². The van der Waals surface area contributed by atoms with Crippen LogP contribution in [0.4, 0.5) is 0 Å². The molecule has 0 N–H and O–H groups in total. The second-order valence-electron chi connectivity index (χ2n) is 3.87. The number of sulfone groups is 1. The van der Waals surface area contributed by atoms with E-state index >= 15 is 0 Å². The lowest BCUT2D eigenvalue weighted by atomic mass is 10.1. The van der Waals surface area contributed by atoms with Crippen LogP contribution in [0, 0.1) is 6.92 Å². The Labute approximate surface area is 100 Å². The molecular weight excluding hydrogens is 236 g/mol. The summed E-state index contributed by atoms with van der Waals surface area (Å²) in [7, 11) is -3.37. The van der Waals surface area contributed by atoms with Gasteiger partial charge in [0.15, 0.2) is 0 Å². The first kappa shape index (κ1) is 11.7. The van der Waals surface area contributed by atoms with Gasteiger partial charge in [-0.3, -0.25) is 0 Å². The Morgan fingerprint density at radius 3 is 2.59 bits per heavy atom. The summed E-state index contributed by atoms with van der Waals surface area (Å²) in [6.45, 7) is 1.97. The molecule has 4 nitrogen and oxygen atoms in total. The zero-order chi connectivity index (χ0) is 12.5. The minimum absolute atomic E-state index is 0.142. The molecule has 0 amide bonds.